The van der Waals surface area contributed by atoms with E-state index in [0.29, 0.717) is 18.7 Å². The van der Waals surface area contributed by atoms with Crippen molar-refractivity contribution in [2.75, 3.05) is 20.2 Å². The predicted octanol–water partition coefficient (Wildman–Crippen LogP) is 2.18. The third kappa shape index (κ3) is 4.18. The van der Waals surface area contributed by atoms with Crippen molar-refractivity contribution in [3.05, 3.63) is 0 Å². The van der Waals surface area contributed by atoms with Crippen LogP contribution in [0.1, 0.15) is 53.4 Å². The van der Waals surface area contributed by atoms with Gasteiger partial charge in [-0.3, -0.25) is 9.69 Å². The standard InChI is InChI=1S/C15H30N2O2/c1-6-19-14(18)15(4,16-5)10-11-17-12(2)8-7-9-13(17)3/h12-13,16H,6-11H2,1-5H3. The van der Waals surface area contributed by atoms with Crippen molar-refractivity contribution in [3.8, 4) is 0 Å². The van der Waals surface area contributed by atoms with E-state index in [2.05, 4.69) is 24.1 Å². The third-order valence-corrected chi connectivity index (χ3v) is 4.52. The Morgan fingerprint density at radius 2 is 1.95 bits per heavy atom. The number of nitrogens with zero attached hydrogens (tertiary/aromatic N) is 1. The number of likely N-dealkylation sites (tertiary alicyclic amines) is 1. The maximum absolute atomic E-state index is 12.0. The maximum Gasteiger partial charge on any atom is 0.326 e. The van der Waals surface area contributed by atoms with E-state index in [4.69, 9.17) is 4.74 Å². The molecule has 0 aromatic rings. The van der Waals surface area contributed by atoms with E-state index in [1.54, 1.807) is 0 Å². The van der Waals surface area contributed by atoms with Gasteiger partial charge in [0.2, 0.25) is 0 Å². The Balaban J connectivity index is 2.58. The Morgan fingerprint density at radius 1 is 1.37 bits per heavy atom. The van der Waals surface area contributed by atoms with Crippen molar-refractivity contribution in [1.82, 2.24) is 10.2 Å². The summed E-state index contributed by atoms with van der Waals surface area (Å²) in [5, 5.41) is 3.13. The van der Waals surface area contributed by atoms with Crippen LogP contribution in [-0.4, -0.2) is 48.7 Å². The zero-order valence-corrected chi connectivity index (χ0v) is 13.2. The lowest BCUT2D eigenvalue weighted by atomic mass is 9.93. The van der Waals surface area contributed by atoms with Gasteiger partial charge in [0.25, 0.3) is 0 Å². The van der Waals surface area contributed by atoms with E-state index in [9.17, 15) is 4.79 Å². The number of piperidine rings is 1. The predicted molar refractivity (Wildman–Crippen MR) is 78.2 cm³/mol. The van der Waals surface area contributed by atoms with Crippen LogP contribution in [0.25, 0.3) is 0 Å². The number of hydrogen-bond donors (Lipinski definition) is 1. The summed E-state index contributed by atoms with van der Waals surface area (Å²) < 4.78 is 5.17. The normalized spacial score (nSPS) is 27.8. The minimum absolute atomic E-state index is 0.144. The van der Waals surface area contributed by atoms with E-state index >= 15 is 0 Å². The molecule has 1 aliphatic rings. The molecule has 0 amide bonds. The Morgan fingerprint density at radius 3 is 2.42 bits per heavy atom. The average Bonchev–Trinajstić information content (AvgIpc) is 2.38. The zero-order valence-electron chi connectivity index (χ0n) is 13.2. The molecule has 0 radical (unpaired) electrons. The van der Waals surface area contributed by atoms with Gasteiger partial charge in [-0.1, -0.05) is 6.42 Å². The first-order chi connectivity index (χ1) is 8.94. The molecular formula is C15H30N2O2. The van der Waals surface area contributed by atoms with Crippen molar-refractivity contribution in [3.63, 3.8) is 0 Å². The lowest BCUT2D eigenvalue weighted by Gasteiger charge is -2.40. The van der Waals surface area contributed by atoms with Crippen LogP contribution in [0.15, 0.2) is 0 Å². The molecule has 1 fully saturated rings. The Bertz CT molecular complexity index is 286. The van der Waals surface area contributed by atoms with Gasteiger partial charge >= 0.3 is 5.97 Å². The van der Waals surface area contributed by atoms with Crippen LogP contribution >= 0.6 is 0 Å². The van der Waals surface area contributed by atoms with Gasteiger partial charge in [0.05, 0.1) is 6.61 Å². The molecule has 112 valence electrons. The Hall–Kier alpha value is -0.610. The highest BCUT2D eigenvalue weighted by molar-refractivity contribution is 5.80. The van der Waals surface area contributed by atoms with Gasteiger partial charge in [0.1, 0.15) is 5.54 Å². The number of carbonyl (C=O) groups is 1. The average molecular weight is 270 g/mol. The Kier molecular flexibility index (Phi) is 6.27. The minimum Gasteiger partial charge on any atom is -0.465 e. The van der Waals surface area contributed by atoms with Crippen LogP contribution < -0.4 is 5.32 Å². The number of likely N-dealkylation sites (N-methyl/N-ethyl adjacent to an activating group) is 1. The van der Waals surface area contributed by atoms with E-state index < -0.39 is 5.54 Å². The summed E-state index contributed by atoms with van der Waals surface area (Å²) in [4.78, 5) is 14.6. The highest BCUT2D eigenvalue weighted by Crippen LogP contribution is 2.24. The number of rotatable bonds is 6. The van der Waals surface area contributed by atoms with E-state index in [1.165, 1.54) is 19.3 Å². The van der Waals surface area contributed by atoms with E-state index in [0.717, 1.165) is 13.0 Å². The molecule has 0 aromatic heterocycles. The highest BCUT2D eigenvalue weighted by atomic mass is 16.5. The van der Waals surface area contributed by atoms with Crippen molar-refractivity contribution in [2.24, 2.45) is 0 Å². The second kappa shape index (κ2) is 7.25. The van der Waals surface area contributed by atoms with E-state index in [1.807, 2.05) is 20.9 Å². The molecule has 3 unspecified atom stereocenters. The number of esters is 1. The molecule has 0 saturated carbocycles. The first kappa shape index (κ1) is 16.4. The second-order valence-electron chi connectivity index (χ2n) is 5.92. The lowest BCUT2D eigenvalue weighted by molar-refractivity contribution is -0.150. The zero-order chi connectivity index (χ0) is 14.5. The molecule has 4 nitrogen and oxygen atoms in total. The van der Waals surface area contributed by atoms with Crippen molar-refractivity contribution < 1.29 is 9.53 Å². The molecule has 1 rings (SSSR count). The topological polar surface area (TPSA) is 41.6 Å². The minimum atomic E-state index is -0.576. The van der Waals surface area contributed by atoms with Gasteiger partial charge < -0.3 is 10.1 Å². The molecule has 1 N–H and O–H groups in total. The summed E-state index contributed by atoms with van der Waals surface area (Å²) in [6.07, 6.45) is 4.64. The SMILES string of the molecule is CCOC(=O)C(C)(CCN1C(C)CCCC1C)NC. The summed E-state index contributed by atoms with van der Waals surface area (Å²) in [5.41, 5.74) is -0.576. The van der Waals surface area contributed by atoms with Crippen molar-refractivity contribution in [2.45, 2.75) is 71.0 Å². The number of hydrogen-bond acceptors (Lipinski definition) is 4. The fourth-order valence-electron chi connectivity index (χ4n) is 2.89. The molecule has 19 heavy (non-hydrogen) atoms. The molecule has 4 heteroatoms. The van der Waals surface area contributed by atoms with Crippen LogP contribution in [0.4, 0.5) is 0 Å². The van der Waals surface area contributed by atoms with Crippen molar-refractivity contribution >= 4 is 5.97 Å². The molecule has 0 aromatic carbocycles. The Labute approximate surface area is 117 Å². The van der Waals surface area contributed by atoms with Crippen LogP contribution in [0, 0.1) is 0 Å². The van der Waals surface area contributed by atoms with Crippen molar-refractivity contribution in [1.29, 1.82) is 0 Å². The molecule has 1 heterocycles. The van der Waals surface area contributed by atoms with Gasteiger partial charge in [-0.2, -0.15) is 0 Å². The maximum atomic E-state index is 12.0. The van der Waals surface area contributed by atoms with Crippen LogP contribution in [0.2, 0.25) is 0 Å². The first-order valence-corrected chi connectivity index (χ1v) is 7.56. The fraction of sp³-hybridized carbons (Fsp3) is 0.933. The molecule has 1 aliphatic heterocycles. The van der Waals surface area contributed by atoms with Crippen LogP contribution in [0.5, 0.6) is 0 Å². The second-order valence-corrected chi connectivity index (χ2v) is 5.92. The summed E-state index contributed by atoms with van der Waals surface area (Å²) in [6, 6.07) is 1.24. The fourth-order valence-corrected chi connectivity index (χ4v) is 2.89. The summed E-state index contributed by atoms with van der Waals surface area (Å²) in [6.45, 7) is 9.74. The van der Waals surface area contributed by atoms with Gasteiger partial charge in [0.15, 0.2) is 0 Å². The van der Waals surface area contributed by atoms with Crippen LogP contribution in [0.3, 0.4) is 0 Å². The van der Waals surface area contributed by atoms with Gasteiger partial charge in [-0.15, -0.1) is 0 Å². The first-order valence-electron chi connectivity index (χ1n) is 7.56. The van der Waals surface area contributed by atoms with E-state index in [-0.39, 0.29) is 5.97 Å². The van der Waals surface area contributed by atoms with Gasteiger partial charge in [-0.05, 0) is 54.0 Å². The number of nitrogens with one attached hydrogen (secondary N) is 1. The summed E-state index contributed by atoms with van der Waals surface area (Å²) in [5.74, 6) is -0.144. The lowest BCUT2D eigenvalue weighted by Crippen LogP contribution is -2.53. The smallest absolute Gasteiger partial charge is 0.326 e. The van der Waals surface area contributed by atoms with Gasteiger partial charge in [-0.25, -0.2) is 0 Å². The highest BCUT2D eigenvalue weighted by Gasteiger charge is 2.35. The number of ether oxygens (including phenoxy) is 1. The summed E-state index contributed by atoms with van der Waals surface area (Å²) >= 11 is 0. The van der Waals surface area contributed by atoms with Gasteiger partial charge in [0, 0.05) is 18.6 Å². The third-order valence-electron chi connectivity index (χ3n) is 4.52. The monoisotopic (exact) mass is 270 g/mol. The molecule has 0 spiro atoms. The molecule has 0 bridgehead atoms. The molecule has 3 atom stereocenters. The number of carbonyl (C=O) groups excluding carboxylic acids is 1. The quantitative estimate of drug-likeness (QED) is 0.751. The molecule has 0 aliphatic carbocycles. The molecule has 1 saturated heterocycles. The summed E-state index contributed by atoms with van der Waals surface area (Å²) in [7, 11) is 1.83. The largest absolute Gasteiger partial charge is 0.465 e. The molecular weight excluding hydrogens is 240 g/mol. The van der Waals surface area contributed by atoms with Crippen LogP contribution in [-0.2, 0) is 9.53 Å².